The van der Waals surface area contributed by atoms with Crippen molar-refractivity contribution in [2.45, 2.75) is 90.1 Å². The van der Waals surface area contributed by atoms with Crippen molar-refractivity contribution in [1.29, 1.82) is 0 Å². The van der Waals surface area contributed by atoms with Crippen LogP contribution < -0.4 is 0 Å². The van der Waals surface area contributed by atoms with Gasteiger partial charge in [-0.05, 0) is 93.7 Å². The second-order valence-corrected chi connectivity index (χ2v) is 12.1. The summed E-state index contributed by atoms with van der Waals surface area (Å²) in [6.45, 7) is 8.15. The minimum Gasteiger partial charge on any atom is -0.339 e. The summed E-state index contributed by atoms with van der Waals surface area (Å²) < 4.78 is 27.0. The average Bonchev–Trinajstić information content (AvgIpc) is 3.23. The Hall–Kier alpha value is -1.85. The number of benzene rings is 1. The number of halogens is 1. The van der Waals surface area contributed by atoms with E-state index < -0.39 is 11.4 Å². The number of allylic oxidation sites excluding steroid dienone is 1. The standard InChI is InChI=1S/C29H35FO4/c1-17(31)29-25(33-28(4,34-29)18-5-8-20(30)9-6-18)16-24-22-10-7-19-15-21(32)11-13-26(19,2)23(22)12-14-27(24,29)3/h5-6,8-9,15,22-25H,7,10-14,16H2,1-4H3/t22?,23?,24?,25-,26+,27+,28-,29-/m1/s1. The third kappa shape index (κ3) is 2.71. The van der Waals surface area contributed by atoms with Gasteiger partial charge in [-0.25, -0.2) is 4.39 Å². The van der Waals surface area contributed by atoms with Gasteiger partial charge in [0, 0.05) is 17.4 Å². The number of carbonyl (C=O) groups excluding carboxylic acids is 2. The van der Waals surface area contributed by atoms with Crippen LogP contribution in [0.3, 0.4) is 0 Å². The molecule has 5 aliphatic rings. The summed E-state index contributed by atoms with van der Waals surface area (Å²) in [5.74, 6) is 0.310. The molecular weight excluding hydrogens is 431 g/mol. The molecule has 0 spiro atoms. The zero-order valence-corrected chi connectivity index (χ0v) is 20.7. The van der Waals surface area contributed by atoms with Gasteiger partial charge in [0.15, 0.2) is 23.0 Å². The highest BCUT2D eigenvalue weighted by atomic mass is 19.1. The van der Waals surface area contributed by atoms with E-state index in [1.165, 1.54) is 17.7 Å². The fourth-order valence-electron chi connectivity index (χ4n) is 9.04. The van der Waals surface area contributed by atoms with Crippen molar-refractivity contribution in [3.63, 3.8) is 0 Å². The minimum atomic E-state index is -1.08. The Morgan fingerprint density at radius 2 is 1.76 bits per heavy atom. The largest absolute Gasteiger partial charge is 0.339 e. The molecule has 182 valence electrons. The number of Topliss-reactive ketones (excluding diaryl/α,β-unsaturated/α-hetero) is 1. The Morgan fingerprint density at radius 3 is 2.47 bits per heavy atom. The smallest absolute Gasteiger partial charge is 0.193 e. The molecule has 0 N–H and O–H groups in total. The summed E-state index contributed by atoms with van der Waals surface area (Å²) in [6, 6.07) is 6.23. The fraction of sp³-hybridized carbons (Fsp3) is 0.655. The van der Waals surface area contributed by atoms with Crippen LogP contribution in [0.2, 0.25) is 0 Å². The highest BCUT2D eigenvalue weighted by molar-refractivity contribution is 5.91. The molecule has 0 radical (unpaired) electrons. The Bertz CT molecular complexity index is 1090. The van der Waals surface area contributed by atoms with E-state index in [9.17, 15) is 14.0 Å². The zero-order valence-electron chi connectivity index (χ0n) is 20.7. The normalized spacial score (nSPS) is 47.3. The van der Waals surface area contributed by atoms with Crippen LogP contribution >= 0.6 is 0 Å². The van der Waals surface area contributed by atoms with Crippen LogP contribution in [0.4, 0.5) is 4.39 Å². The molecule has 34 heavy (non-hydrogen) atoms. The van der Waals surface area contributed by atoms with E-state index in [0.29, 0.717) is 24.2 Å². The Labute approximate surface area is 201 Å². The van der Waals surface area contributed by atoms with E-state index in [1.807, 2.05) is 13.0 Å². The molecule has 4 aliphatic carbocycles. The lowest BCUT2D eigenvalue weighted by Crippen LogP contribution is -2.59. The Balaban J connectivity index is 1.37. The van der Waals surface area contributed by atoms with Gasteiger partial charge in [-0.3, -0.25) is 9.59 Å². The number of ether oxygens (including phenoxy) is 2. The monoisotopic (exact) mass is 466 g/mol. The van der Waals surface area contributed by atoms with E-state index in [-0.39, 0.29) is 34.3 Å². The second kappa shape index (κ2) is 7.10. The molecule has 6 rings (SSSR count). The predicted octanol–water partition coefficient (Wildman–Crippen LogP) is 5.88. The molecule has 1 saturated heterocycles. The van der Waals surface area contributed by atoms with Gasteiger partial charge in [-0.1, -0.05) is 31.6 Å². The van der Waals surface area contributed by atoms with Crippen molar-refractivity contribution in [2.24, 2.45) is 28.6 Å². The number of hydrogen-bond acceptors (Lipinski definition) is 4. The van der Waals surface area contributed by atoms with Crippen molar-refractivity contribution in [3.8, 4) is 0 Å². The third-order valence-corrected chi connectivity index (χ3v) is 10.7. The Morgan fingerprint density at radius 1 is 1.03 bits per heavy atom. The topological polar surface area (TPSA) is 52.6 Å². The van der Waals surface area contributed by atoms with Crippen molar-refractivity contribution in [2.75, 3.05) is 0 Å². The van der Waals surface area contributed by atoms with E-state index in [4.69, 9.17) is 9.47 Å². The van der Waals surface area contributed by atoms with Crippen LogP contribution in [0.5, 0.6) is 0 Å². The molecule has 4 fully saturated rings. The zero-order chi connectivity index (χ0) is 24.1. The average molecular weight is 467 g/mol. The number of rotatable bonds is 2. The van der Waals surface area contributed by atoms with Crippen LogP contribution in [0.25, 0.3) is 0 Å². The van der Waals surface area contributed by atoms with Crippen LogP contribution in [0, 0.1) is 34.4 Å². The number of fused-ring (bicyclic) bond motifs is 7. The molecule has 1 aromatic rings. The lowest BCUT2D eigenvalue weighted by Gasteiger charge is -2.59. The molecule has 3 unspecified atom stereocenters. The van der Waals surface area contributed by atoms with Crippen molar-refractivity contribution in [3.05, 3.63) is 47.3 Å². The molecule has 8 atom stereocenters. The van der Waals surface area contributed by atoms with E-state index in [2.05, 4.69) is 13.8 Å². The minimum absolute atomic E-state index is 0.0395. The lowest BCUT2D eigenvalue weighted by atomic mass is 9.46. The number of hydrogen-bond donors (Lipinski definition) is 0. The van der Waals surface area contributed by atoms with Crippen LogP contribution in [0.1, 0.15) is 78.2 Å². The first-order valence-electron chi connectivity index (χ1n) is 12.9. The molecule has 0 amide bonds. The van der Waals surface area contributed by atoms with Crippen molar-refractivity contribution < 1.29 is 23.5 Å². The molecule has 1 aromatic carbocycles. The van der Waals surface area contributed by atoms with Crippen molar-refractivity contribution >= 4 is 11.6 Å². The van der Waals surface area contributed by atoms with Gasteiger partial charge in [-0.15, -0.1) is 0 Å². The van der Waals surface area contributed by atoms with Gasteiger partial charge < -0.3 is 9.47 Å². The number of carbonyl (C=O) groups is 2. The Kier molecular flexibility index (Phi) is 4.72. The molecular formula is C29H35FO4. The third-order valence-electron chi connectivity index (χ3n) is 10.7. The van der Waals surface area contributed by atoms with Crippen LogP contribution in [-0.4, -0.2) is 23.3 Å². The van der Waals surface area contributed by atoms with Gasteiger partial charge in [0.1, 0.15) is 5.82 Å². The predicted molar refractivity (Wildman–Crippen MR) is 125 cm³/mol. The molecule has 5 heteroatoms. The molecule has 0 aromatic heterocycles. The maximum absolute atomic E-state index is 13.6. The first kappa shape index (κ1) is 22.6. The SMILES string of the molecule is CC(=O)[C@@]12O[C@](C)(c3ccc(F)cc3)O[C@@H]1CC1C3CCC4=CC(=O)CC[C@]4(C)C3CC[C@@]12C. The van der Waals surface area contributed by atoms with Crippen LogP contribution in [-0.2, 0) is 24.8 Å². The fourth-order valence-corrected chi connectivity index (χ4v) is 9.04. The maximum atomic E-state index is 13.6. The molecule has 0 bridgehead atoms. The summed E-state index contributed by atoms with van der Waals surface area (Å²) in [4.78, 5) is 25.6. The summed E-state index contributed by atoms with van der Waals surface area (Å²) in [5, 5.41) is 0. The molecule has 1 heterocycles. The highest BCUT2D eigenvalue weighted by Gasteiger charge is 2.75. The first-order valence-corrected chi connectivity index (χ1v) is 12.9. The van der Waals surface area contributed by atoms with Gasteiger partial charge >= 0.3 is 0 Å². The van der Waals surface area contributed by atoms with E-state index >= 15 is 0 Å². The second-order valence-electron chi connectivity index (χ2n) is 12.1. The lowest BCUT2D eigenvalue weighted by molar-refractivity contribution is -0.227. The van der Waals surface area contributed by atoms with Crippen LogP contribution in [0.15, 0.2) is 35.9 Å². The van der Waals surface area contributed by atoms with Gasteiger partial charge in [0.2, 0.25) is 0 Å². The first-order chi connectivity index (χ1) is 16.0. The quantitative estimate of drug-likeness (QED) is 0.546. The molecule has 3 saturated carbocycles. The maximum Gasteiger partial charge on any atom is 0.193 e. The summed E-state index contributed by atoms with van der Waals surface area (Å²) in [5.41, 5.74) is 0.869. The highest BCUT2D eigenvalue weighted by Crippen LogP contribution is 2.71. The summed E-state index contributed by atoms with van der Waals surface area (Å²) in [6.07, 6.45) is 8.01. The van der Waals surface area contributed by atoms with E-state index in [0.717, 1.165) is 44.1 Å². The molecule has 4 nitrogen and oxygen atoms in total. The van der Waals surface area contributed by atoms with Gasteiger partial charge in [0.05, 0.1) is 6.10 Å². The molecule has 1 aliphatic heterocycles. The van der Waals surface area contributed by atoms with Gasteiger partial charge in [0.25, 0.3) is 0 Å². The number of ketones is 2. The summed E-state index contributed by atoms with van der Waals surface area (Å²) in [7, 11) is 0. The van der Waals surface area contributed by atoms with E-state index in [1.54, 1.807) is 19.1 Å². The van der Waals surface area contributed by atoms with Gasteiger partial charge in [-0.2, -0.15) is 0 Å². The summed E-state index contributed by atoms with van der Waals surface area (Å²) >= 11 is 0. The van der Waals surface area contributed by atoms with Crippen molar-refractivity contribution in [1.82, 2.24) is 0 Å².